The van der Waals surface area contributed by atoms with E-state index in [1.54, 1.807) is 11.8 Å². The van der Waals surface area contributed by atoms with Gasteiger partial charge in [0.15, 0.2) is 0 Å². The number of rotatable bonds is 5. The molecule has 5 nitrogen and oxygen atoms in total. The van der Waals surface area contributed by atoms with E-state index >= 15 is 0 Å². The van der Waals surface area contributed by atoms with Crippen molar-refractivity contribution in [3.8, 4) is 0 Å². The van der Waals surface area contributed by atoms with Gasteiger partial charge in [-0.3, -0.25) is 4.79 Å². The fourth-order valence-corrected chi connectivity index (χ4v) is 3.18. The Bertz CT molecular complexity index is 498. The number of hydrogen-bond donors (Lipinski definition) is 2. The van der Waals surface area contributed by atoms with Crippen molar-refractivity contribution in [3.63, 3.8) is 0 Å². The van der Waals surface area contributed by atoms with Crippen molar-refractivity contribution in [2.45, 2.75) is 34.1 Å². The van der Waals surface area contributed by atoms with Gasteiger partial charge in [0, 0.05) is 18.7 Å². The van der Waals surface area contributed by atoms with Crippen molar-refractivity contribution >= 4 is 40.2 Å². The number of carbonyl (C=O) groups is 2. The van der Waals surface area contributed by atoms with E-state index in [1.165, 1.54) is 25.2 Å². The van der Waals surface area contributed by atoms with Gasteiger partial charge in [-0.25, -0.2) is 4.79 Å². The summed E-state index contributed by atoms with van der Waals surface area (Å²) >= 11 is 6.91. The lowest BCUT2D eigenvalue weighted by molar-refractivity contribution is -0.145. The van der Waals surface area contributed by atoms with Crippen molar-refractivity contribution in [2.75, 3.05) is 18.8 Å². The number of hydrogen-bond acceptors (Lipinski definition) is 4. The van der Waals surface area contributed by atoms with Gasteiger partial charge in [-0.05, 0) is 32.9 Å². The Kier molecular flexibility index (Phi) is 9.83. The summed E-state index contributed by atoms with van der Waals surface area (Å²) in [7, 11) is 0. The maximum Gasteiger partial charge on any atom is 0.331 e. The van der Waals surface area contributed by atoms with Crippen molar-refractivity contribution in [1.82, 2.24) is 4.90 Å². The lowest BCUT2D eigenvalue weighted by Crippen LogP contribution is -2.28. The molecule has 7 heteroatoms. The number of allylic oxidation sites excluding steroid dienone is 2. The van der Waals surface area contributed by atoms with Gasteiger partial charge in [-0.1, -0.05) is 49.1 Å². The molecule has 0 amide bonds. The third-order valence-corrected chi connectivity index (χ3v) is 4.78. The zero-order valence-corrected chi connectivity index (χ0v) is 15.7. The Balaban J connectivity index is 0.000000438. The van der Waals surface area contributed by atoms with Gasteiger partial charge in [0.25, 0.3) is 0 Å². The topological polar surface area (TPSA) is 77.8 Å². The molecule has 2 N–H and O–H groups in total. The lowest BCUT2D eigenvalue weighted by atomic mass is 9.80. The Morgan fingerprint density at radius 3 is 2.26 bits per heavy atom. The monoisotopic (exact) mass is 359 g/mol. The van der Waals surface area contributed by atoms with Crippen molar-refractivity contribution in [2.24, 2.45) is 5.41 Å². The fraction of sp³-hybridized carbons (Fsp3) is 0.562. The zero-order chi connectivity index (χ0) is 18.0. The second-order valence-corrected chi connectivity index (χ2v) is 7.02. The van der Waals surface area contributed by atoms with E-state index < -0.39 is 17.4 Å². The van der Waals surface area contributed by atoms with E-state index in [0.29, 0.717) is 0 Å². The van der Waals surface area contributed by atoms with Crippen LogP contribution in [0.15, 0.2) is 23.8 Å². The minimum atomic E-state index is -1.08. The summed E-state index contributed by atoms with van der Waals surface area (Å²) in [5, 5.41) is 17.5. The number of carboxylic acid groups (broad SMARTS) is 2. The first-order valence-electron chi connectivity index (χ1n) is 7.48. The quantitative estimate of drug-likeness (QED) is 0.728. The molecule has 0 bridgehead atoms. The number of aliphatic carboxylic acids is 2. The first-order chi connectivity index (χ1) is 10.7. The molecule has 0 heterocycles. The normalized spacial score (nSPS) is 19.2. The van der Waals surface area contributed by atoms with E-state index in [2.05, 4.69) is 25.7 Å². The van der Waals surface area contributed by atoms with Crippen LogP contribution in [-0.2, 0) is 9.59 Å². The SMILES string of the molecule is CC1(C(=O)O)C=CC=C(C(=O)O)C1.CCSC(=S)N(CC)CC. The molecular weight excluding hydrogens is 334 g/mol. The van der Waals surface area contributed by atoms with Crippen molar-refractivity contribution in [3.05, 3.63) is 23.8 Å². The molecule has 23 heavy (non-hydrogen) atoms. The van der Waals surface area contributed by atoms with Crippen LogP contribution in [0.5, 0.6) is 0 Å². The van der Waals surface area contributed by atoms with Gasteiger partial charge in [0.05, 0.1) is 5.41 Å². The predicted molar refractivity (Wildman–Crippen MR) is 98.9 cm³/mol. The average Bonchev–Trinajstić information content (AvgIpc) is 2.49. The summed E-state index contributed by atoms with van der Waals surface area (Å²) < 4.78 is 1.03. The molecule has 0 saturated heterocycles. The summed E-state index contributed by atoms with van der Waals surface area (Å²) in [6.07, 6.45) is 4.43. The summed E-state index contributed by atoms with van der Waals surface area (Å²) in [6.45, 7) is 9.95. The minimum absolute atomic E-state index is 0.0359. The summed E-state index contributed by atoms with van der Waals surface area (Å²) in [4.78, 5) is 23.5. The van der Waals surface area contributed by atoms with Crippen LogP contribution >= 0.6 is 24.0 Å². The number of nitrogens with zero attached hydrogens (tertiary/aromatic N) is 1. The summed E-state index contributed by atoms with van der Waals surface area (Å²) in [5.74, 6) is -0.984. The van der Waals surface area contributed by atoms with Gasteiger partial charge in [0.2, 0.25) is 0 Å². The largest absolute Gasteiger partial charge is 0.481 e. The van der Waals surface area contributed by atoms with E-state index in [0.717, 1.165) is 23.2 Å². The average molecular weight is 360 g/mol. The molecule has 130 valence electrons. The van der Waals surface area contributed by atoms with E-state index in [9.17, 15) is 9.59 Å². The van der Waals surface area contributed by atoms with Crippen LogP contribution in [0.4, 0.5) is 0 Å². The molecule has 1 aliphatic rings. The van der Waals surface area contributed by atoms with E-state index in [4.69, 9.17) is 22.4 Å². The molecule has 0 aromatic heterocycles. The van der Waals surface area contributed by atoms with Crippen LogP contribution in [0, 0.1) is 5.41 Å². The summed E-state index contributed by atoms with van der Waals surface area (Å²) in [5.41, 5.74) is -0.949. The van der Waals surface area contributed by atoms with Crippen LogP contribution in [0.25, 0.3) is 0 Å². The molecule has 0 fully saturated rings. The van der Waals surface area contributed by atoms with Gasteiger partial charge in [-0.15, -0.1) is 0 Å². The van der Waals surface area contributed by atoms with Crippen molar-refractivity contribution in [1.29, 1.82) is 0 Å². The highest BCUT2D eigenvalue weighted by atomic mass is 32.2. The standard InChI is InChI=1S/C9H10O4.C7H15NS2/c1-9(8(12)13)4-2-3-6(5-9)7(10)11;1-4-8(5-2)7(9)10-6-3/h2-4H,5H2,1H3,(H,10,11)(H,12,13);4-6H2,1-3H3. The molecule has 1 unspecified atom stereocenters. The molecule has 0 aromatic rings. The smallest absolute Gasteiger partial charge is 0.331 e. The zero-order valence-electron chi connectivity index (χ0n) is 14.0. The lowest BCUT2D eigenvalue weighted by Gasteiger charge is -2.23. The highest BCUT2D eigenvalue weighted by Gasteiger charge is 2.34. The molecule has 0 aliphatic heterocycles. The van der Waals surface area contributed by atoms with Crippen LogP contribution in [0.3, 0.4) is 0 Å². The minimum Gasteiger partial charge on any atom is -0.481 e. The molecule has 0 spiro atoms. The molecule has 0 aromatic carbocycles. The van der Waals surface area contributed by atoms with Gasteiger partial charge >= 0.3 is 11.9 Å². The molecule has 0 saturated carbocycles. The van der Waals surface area contributed by atoms with Gasteiger partial charge < -0.3 is 15.1 Å². The Labute approximate surface area is 147 Å². The molecule has 1 aliphatic carbocycles. The number of thioether (sulfide) groups is 1. The summed E-state index contributed by atoms with van der Waals surface area (Å²) in [6, 6.07) is 0. The van der Waals surface area contributed by atoms with Gasteiger partial charge in [0.1, 0.15) is 4.32 Å². The van der Waals surface area contributed by atoms with E-state index in [1.807, 2.05) is 0 Å². The maximum atomic E-state index is 10.8. The maximum absolute atomic E-state index is 10.8. The molecule has 1 rings (SSSR count). The third kappa shape index (κ3) is 7.18. The van der Waals surface area contributed by atoms with Gasteiger partial charge in [-0.2, -0.15) is 0 Å². The van der Waals surface area contributed by atoms with Crippen LogP contribution in [0.1, 0.15) is 34.1 Å². The second kappa shape index (κ2) is 10.4. The highest BCUT2D eigenvalue weighted by molar-refractivity contribution is 8.22. The third-order valence-electron chi connectivity index (χ3n) is 3.37. The Morgan fingerprint density at radius 1 is 1.30 bits per heavy atom. The van der Waals surface area contributed by atoms with Crippen LogP contribution in [0.2, 0.25) is 0 Å². The van der Waals surface area contributed by atoms with Crippen molar-refractivity contribution < 1.29 is 19.8 Å². The Hall–Kier alpha value is -1.34. The fourth-order valence-electron chi connectivity index (χ4n) is 1.88. The molecular formula is C16H25NO4S2. The van der Waals surface area contributed by atoms with Crippen LogP contribution < -0.4 is 0 Å². The van der Waals surface area contributed by atoms with E-state index in [-0.39, 0.29) is 12.0 Å². The Morgan fingerprint density at radius 2 is 1.87 bits per heavy atom. The second-order valence-electron chi connectivity index (χ2n) is 5.13. The first-order valence-corrected chi connectivity index (χ1v) is 8.87. The highest BCUT2D eigenvalue weighted by Crippen LogP contribution is 2.31. The van der Waals surface area contributed by atoms with Crippen LogP contribution in [-0.4, -0.2) is 50.2 Å². The predicted octanol–water partition coefficient (Wildman–Crippen LogP) is 3.41. The molecule has 0 radical (unpaired) electrons. The molecule has 1 atom stereocenters. The number of thiocarbonyl (C=S) groups is 1. The number of carboxylic acids is 2. The first kappa shape index (κ1) is 21.7.